The Labute approximate surface area is 148 Å². The maximum atomic E-state index is 13.9. The summed E-state index contributed by atoms with van der Waals surface area (Å²) in [6, 6.07) is 6.14. The van der Waals surface area contributed by atoms with Gasteiger partial charge < -0.3 is 9.80 Å². The fourth-order valence-electron chi connectivity index (χ4n) is 4.35. The third-order valence-corrected chi connectivity index (χ3v) is 6.11. The van der Waals surface area contributed by atoms with E-state index in [0.29, 0.717) is 31.3 Å². The van der Waals surface area contributed by atoms with Crippen LogP contribution < -0.4 is 0 Å². The molecule has 5 heteroatoms. The number of carbonyl (C=O) groups excluding carboxylic acids is 2. The lowest BCUT2D eigenvalue weighted by molar-refractivity contribution is -0.136. The lowest BCUT2D eigenvalue weighted by Crippen LogP contribution is -2.37. The molecule has 0 aromatic heterocycles. The van der Waals surface area contributed by atoms with Gasteiger partial charge in [-0.25, -0.2) is 4.39 Å². The minimum atomic E-state index is -0.473. The first-order valence-corrected chi connectivity index (χ1v) is 9.42. The van der Waals surface area contributed by atoms with Gasteiger partial charge in [-0.1, -0.05) is 12.1 Å². The molecule has 25 heavy (non-hydrogen) atoms. The molecule has 4 nitrogen and oxygen atoms in total. The van der Waals surface area contributed by atoms with Crippen LogP contribution in [0.4, 0.5) is 4.39 Å². The number of amides is 2. The van der Waals surface area contributed by atoms with Crippen LogP contribution in [0, 0.1) is 17.2 Å². The normalized spacial score (nSPS) is 27.0. The van der Waals surface area contributed by atoms with Crippen LogP contribution in [-0.4, -0.2) is 47.8 Å². The monoisotopic (exact) mass is 344 g/mol. The third-order valence-electron chi connectivity index (χ3n) is 6.11. The van der Waals surface area contributed by atoms with Crippen LogP contribution in [0.25, 0.3) is 0 Å². The van der Waals surface area contributed by atoms with E-state index < -0.39 is 5.82 Å². The van der Waals surface area contributed by atoms with Crippen molar-refractivity contribution < 1.29 is 14.0 Å². The predicted molar refractivity (Wildman–Crippen MR) is 92.5 cm³/mol. The number of likely N-dealkylation sites (tertiary alicyclic amines) is 2. The van der Waals surface area contributed by atoms with E-state index >= 15 is 0 Å². The number of carbonyl (C=O) groups is 2. The van der Waals surface area contributed by atoms with Gasteiger partial charge in [0.25, 0.3) is 5.91 Å². The van der Waals surface area contributed by atoms with Gasteiger partial charge in [0.15, 0.2) is 0 Å². The van der Waals surface area contributed by atoms with Crippen LogP contribution in [0.1, 0.15) is 48.9 Å². The number of hydrogen-bond acceptors (Lipinski definition) is 2. The number of rotatable bonds is 3. The molecule has 3 aliphatic rings. The summed E-state index contributed by atoms with van der Waals surface area (Å²) in [5, 5.41) is 0. The van der Waals surface area contributed by atoms with Gasteiger partial charge in [0.1, 0.15) is 5.82 Å². The van der Waals surface area contributed by atoms with Crippen LogP contribution in [0.3, 0.4) is 0 Å². The van der Waals surface area contributed by atoms with Gasteiger partial charge in [-0.2, -0.15) is 0 Å². The summed E-state index contributed by atoms with van der Waals surface area (Å²) in [5.41, 5.74) is -0.161. The highest BCUT2D eigenvalue weighted by Crippen LogP contribution is 2.43. The third kappa shape index (κ3) is 3.16. The number of halogens is 1. The van der Waals surface area contributed by atoms with E-state index in [0.717, 1.165) is 32.4 Å². The van der Waals surface area contributed by atoms with E-state index in [1.165, 1.54) is 25.0 Å². The largest absolute Gasteiger partial charge is 0.342 e. The highest BCUT2D eigenvalue weighted by molar-refractivity contribution is 5.94. The molecule has 0 bridgehead atoms. The van der Waals surface area contributed by atoms with Gasteiger partial charge in [-0.05, 0) is 56.6 Å². The van der Waals surface area contributed by atoms with Gasteiger partial charge >= 0.3 is 0 Å². The van der Waals surface area contributed by atoms with Crippen LogP contribution in [0.5, 0.6) is 0 Å². The number of benzene rings is 1. The molecule has 2 heterocycles. The summed E-state index contributed by atoms with van der Waals surface area (Å²) in [6.45, 7) is 2.91. The molecule has 1 atom stereocenters. The molecule has 2 saturated heterocycles. The molecule has 1 aromatic rings. The van der Waals surface area contributed by atoms with Gasteiger partial charge in [-0.3, -0.25) is 9.59 Å². The Bertz CT molecular complexity index is 688. The smallest absolute Gasteiger partial charge is 0.256 e. The Balaban J connectivity index is 1.44. The summed E-state index contributed by atoms with van der Waals surface area (Å²) >= 11 is 0. The van der Waals surface area contributed by atoms with E-state index in [9.17, 15) is 14.0 Å². The zero-order chi connectivity index (χ0) is 17.4. The first-order chi connectivity index (χ1) is 12.1. The minimum absolute atomic E-state index is 0.131. The SMILES string of the molecule is O=C(c1ccccc1F)N1CCC[C@]2(CC1)CCN(CC1CC1)C2=O. The fourth-order valence-corrected chi connectivity index (χ4v) is 4.35. The van der Waals surface area contributed by atoms with Gasteiger partial charge in [0.05, 0.1) is 11.0 Å². The van der Waals surface area contributed by atoms with E-state index in [1.54, 1.807) is 17.0 Å². The van der Waals surface area contributed by atoms with Crippen LogP contribution in [-0.2, 0) is 4.79 Å². The average Bonchev–Trinajstić information content (AvgIpc) is 3.40. The highest BCUT2D eigenvalue weighted by atomic mass is 19.1. The van der Waals surface area contributed by atoms with Crippen molar-refractivity contribution in [2.75, 3.05) is 26.2 Å². The summed E-state index contributed by atoms with van der Waals surface area (Å²) in [4.78, 5) is 29.4. The van der Waals surface area contributed by atoms with Gasteiger partial charge in [0, 0.05) is 26.2 Å². The van der Waals surface area contributed by atoms with Crippen LogP contribution >= 0.6 is 0 Å². The first-order valence-electron chi connectivity index (χ1n) is 9.42. The summed E-state index contributed by atoms with van der Waals surface area (Å²) < 4.78 is 13.9. The maximum Gasteiger partial charge on any atom is 0.256 e. The van der Waals surface area contributed by atoms with Crippen molar-refractivity contribution in [1.82, 2.24) is 9.80 Å². The molecule has 0 unspecified atom stereocenters. The zero-order valence-electron chi connectivity index (χ0n) is 14.5. The second-order valence-electron chi connectivity index (χ2n) is 7.85. The maximum absolute atomic E-state index is 13.9. The minimum Gasteiger partial charge on any atom is -0.342 e. The predicted octanol–water partition coefficient (Wildman–Crippen LogP) is 3.08. The second-order valence-corrected chi connectivity index (χ2v) is 7.85. The van der Waals surface area contributed by atoms with E-state index in [-0.39, 0.29) is 16.9 Å². The standard InChI is InChI=1S/C20H25FN2O2/c21-17-5-2-1-4-16(17)18(24)22-11-3-8-20(9-12-22)10-13-23(19(20)25)14-15-6-7-15/h1-2,4-5,15H,3,6-14H2/t20-/m0/s1. The van der Waals surface area contributed by atoms with Crippen molar-refractivity contribution in [1.29, 1.82) is 0 Å². The number of nitrogens with zero attached hydrogens (tertiary/aromatic N) is 2. The van der Waals surface area contributed by atoms with Gasteiger partial charge in [0.2, 0.25) is 5.91 Å². The lowest BCUT2D eigenvalue weighted by atomic mass is 9.79. The van der Waals surface area contributed by atoms with Crippen molar-refractivity contribution in [2.45, 2.75) is 38.5 Å². The first kappa shape index (κ1) is 16.6. The van der Waals surface area contributed by atoms with Crippen molar-refractivity contribution in [3.63, 3.8) is 0 Å². The Morgan fingerprint density at radius 2 is 1.88 bits per heavy atom. The fraction of sp³-hybridized carbons (Fsp3) is 0.600. The molecule has 0 N–H and O–H groups in total. The molecule has 3 fully saturated rings. The topological polar surface area (TPSA) is 40.6 Å². The average molecular weight is 344 g/mol. The van der Waals surface area contributed by atoms with Crippen molar-refractivity contribution in [3.8, 4) is 0 Å². The molecule has 1 saturated carbocycles. The zero-order valence-corrected chi connectivity index (χ0v) is 14.5. The summed E-state index contributed by atoms with van der Waals surface area (Å²) in [7, 11) is 0. The molecule has 4 rings (SSSR count). The van der Waals surface area contributed by atoms with E-state index in [2.05, 4.69) is 0 Å². The van der Waals surface area contributed by atoms with E-state index in [1.807, 2.05) is 4.90 Å². The van der Waals surface area contributed by atoms with Crippen LogP contribution in [0.15, 0.2) is 24.3 Å². The molecule has 1 spiro atoms. The van der Waals surface area contributed by atoms with Crippen molar-refractivity contribution in [2.24, 2.45) is 11.3 Å². The summed E-state index contributed by atoms with van der Waals surface area (Å²) in [6.07, 6.45) is 5.76. The van der Waals surface area contributed by atoms with Crippen LogP contribution in [0.2, 0.25) is 0 Å². The molecule has 1 aliphatic carbocycles. The Morgan fingerprint density at radius 3 is 2.64 bits per heavy atom. The molecule has 134 valence electrons. The van der Waals surface area contributed by atoms with Crippen molar-refractivity contribution >= 4 is 11.8 Å². The highest BCUT2D eigenvalue weighted by Gasteiger charge is 2.48. The molecular formula is C20H25FN2O2. The summed E-state index contributed by atoms with van der Waals surface area (Å²) in [5.74, 6) is 0.276. The quantitative estimate of drug-likeness (QED) is 0.845. The molecule has 1 aromatic carbocycles. The second kappa shape index (κ2) is 6.43. The van der Waals surface area contributed by atoms with Crippen molar-refractivity contribution in [3.05, 3.63) is 35.6 Å². The lowest BCUT2D eigenvalue weighted by Gasteiger charge is -2.27. The van der Waals surface area contributed by atoms with Gasteiger partial charge in [-0.15, -0.1) is 0 Å². The molecule has 2 aliphatic heterocycles. The Hall–Kier alpha value is -1.91. The molecule has 2 amide bonds. The molecular weight excluding hydrogens is 319 g/mol. The Morgan fingerprint density at radius 1 is 1.12 bits per heavy atom. The Kier molecular flexibility index (Phi) is 4.26. The molecule has 0 radical (unpaired) electrons. The number of hydrogen-bond donors (Lipinski definition) is 0. The van der Waals surface area contributed by atoms with E-state index in [4.69, 9.17) is 0 Å².